The minimum Gasteiger partial charge on any atom is -0.481 e. The van der Waals surface area contributed by atoms with Gasteiger partial charge in [-0.3, -0.25) is 10.1 Å². The van der Waals surface area contributed by atoms with E-state index in [0.717, 1.165) is 16.8 Å². The van der Waals surface area contributed by atoms with Crippen molar-refractivity contribution >= 4 is 22.4 Å². The predicted molar refractivity (Wildman–Crippen MR) is 121 cm³/mol. The van der Waals surface area contributed by atoms with Crippen LogP contribution in [-0.2, 0) is 10.2 Å². The van der Waals surface area contributed by atoms with E-state index in [4.69, 9.17) is 4.74 Å². The predicted octanol–water partition coefficient (Wildman–Crippen LogP) is 6.13. The molecule has 2 aromatic carbocycles. The molecule has 152 valence electrons. The second-order valence-electron chi connectivity index (χ2n) is 8.38. The number of rotatable bonds is 5. The number of aromatic nitrogens is 1. The third-order valence-electron chi connectivity index (χ3n) is 4.81. The van der Waals surface area contributed by atoms with E-state index in [1.165, 1.54) is 22.5 Å². The fraction of sp³-hybridized carbons (Fsp3) is 0.333. The fourth-order valence-corrected chi connectivity index (χ4v) is 3.68. The Morgan fingerprint density at radius 3 is 2.45 bits per heavy atom. The van der Waals surface area contributed by atoms with E-state index in [1.54, 1.807) is 6.92 Å². The van der Waals surface area contributed by atoms with Crippen molar-refractivity contribution in [3.8, 4) is 17.0 Å². The van der Waals surface area contributed by atoms with Crippen LogP contribution in [0.3, 0.4) is 0 Å². The zero-order valence-electron chi connectivity index (χ0n) is 17.9. The molecule has 0 saturated heterocycles. The largest absolute Gasteiger partial charge is 0.481 e. The lowest BCUT2D eigenvalue weighted by Crippen LogP contribution is -2.30. The SMILES string of the molecule is Cc1ccc(C)c(-c2csc(NC(=O)C(C)Oc3ccc(C(C)(C)C)cc3)n2)c1. The Morgan fingerprint density at radius 1 is 1.10 bits per heavy atom. The number of hydrogen-bond acceptors (Lipinski definition) is 4. The Kier molecular flexibility index (Phi) is 6.08. The van der Waals surface area contributed by atoms with E-state index in [1.807, 2.05) is 29.6 Å². The Hall–Kier alpha value is -2.66. The summed E-state index contributed by atoms with van der Waals surface area (Å²) in [4.78, 5) is 17.1. The van der Waals surface area contributed by atoms with Gasteiger partial charge in [-0.25, -0.2) is 4.98 Å². The molecule has 1 heterocycles. The first kappa shape index (κ1) is 21.1. The highest BCUT2D eigenvalue weighted by Crippen LogP contribution is 2.29. The number of aryl methyl sites for hydroxylation is 2. The molecule has 0 aliphatic carbocycles. The van der Waals surface area contributed by atoms with Crippen molar-refractivity contribution in [2.45, 2.75) is 53.1 Å². The Labute approximate surface area is 177 Å². The fourth-order valence-electron chi connectivity index (χ4n) is 2.96. The first-order chi connectivity index (χ1) is 13.6. The van der Waals surface area contributed by atoms with Crippen molar-refractivity contribution in [3.63, 3.8) is 0 Å². The maximum absolute atomic E-state index is 12.5. The van der Waals surface area contributed by atoms with Crippen molar-refractivity contribution in [1.29, 1.82) is 0 Å². The highest BCUT2D eigenvalue weighted by molar-refractivity contribution is 7.14. The standard InChI is InChI=1S/C24H28N2O2S/c1-15-7-8-16(2)20(13-15)21-14-29-23(25-21)26-22(27)17(3)28-19-11-9-18(10-12-19)24(4,5)6/h7-14,17H,1-6H3,(H,25,26,27). The number of carbonyl (C=O) groups excluding carboxylic acids is 1. The quantitative estimate of drug-likeness (QED) is 0.552. The smallest absolute Gasteiger partial charge is 0.266 e. The average molecular weight is 409 g/mol. The molecular weight excluding hydrogens is 380 g/mol. The van der Waals surface area contributed by atoms with Crippen LogP contribution in [0.5, 0.6) is 5.75 Å². The Morgan fingerprint density at radius 2 is 1.79 bits per heavy atom. The van der Waals surface area contributed by atoms with Crippen molar-refractivity contribution < 1.29 is 9.53 Å². The minimum atomic E-state index is -0.622. The van der Waals surface area contributed by atoms with Gasteiger partial charge >= 0.3 is 0 Å². The molecule has 1 N–H and O–H groups in total. The van der Waals surface area contributed by atoms with Gasteiger partial charge in [0.1, 0.15) is 5.75 Å². The summed E-state index contributed by atoms with van der Waals surface area (Å²) in [6, 6.07) is 14.2. The second kappa shape index (κ2) is 8.37. The molecule has 0 fully saturated rings. The lowest BCUT2D eigenvalue weighted by molar-refractivity contribution is -0.122. The normalized spacial score (nSPS) is 12.5. The molecule has 29 heavy (non-hydrogen) atoms. The summed E-state index contributed by atoms with van der Waals surface area (Å²) in [6.07, 6.45) is -0.622. The van der Waals surface area contributed by atoms with Crippen LogP contribution >= 0.6 is 11.3 Å². The van der Waals surface area contributed by atoms with E-state index in [0.29, 0.717) is 10.9 Å². The molecular formula is C24H28N2O2S. The number of nitrogens with zero attached hydrogens (tertiary/aromatic N) is 1. The van der Waals surface area contributed by atoms with Crippen LogP contribution in [0, 0.1) is 13.8 Å². The van der Waals surface area contributed by atoms with Gasteiger partial charge in [0.05, 0.1) is 5.69 Å². The summed E-state index contributed by atoms with van der Waals surface area (Å²) in [5.41, 5.74) is 5.61. The van der Waals surface area contributed by atoms with Gasteiger partial charge < -0.3 is 4.74 Å². The van der Waals surface area contributed by atoms with Crippen molar-refractivity contribution in [2.75, 3.05) is 5.32 Å². The molecule has 0 aliphatic heterocycles. The van der Waals surface area contributed by atoms with Crippen LogP contribution in [-0.4, -0.2) is 17.0 Å². The van der Waals surface area contributed by atoms with E-state index < -0.39 is 6.10 Å². The van der Waals surface area contributed by atoms with Gasteiger partial charge in [-0.2, -0.15) is 0 Å². The summed E-state index contributed by atoms with van der Waals surface area (Å²) in [7, 11) is 0. The third-order valence-corrected chi connectivity index (χ3v) is 5.56. The molecule has 4 nitrogen and oxygen atoms in total. The number of benzene rings is 2. The van der Waals surface area contributed by atoms with E-state index in [-0.39, 0.29) is 11.3 Å². The first-order valence-electron chi connectivity index (χ1n) is 9.75. The first-order valence-corrected chi connectivity index (χ1v) is 10.6. The van der Waals surface area contributed by atoms with Crippen molar-refractivity contribution in [2.24, 2.45) is 0 Å². The monoisotopic (exact) mass is 408 g/mol. The van der Waals surface area contributed by atoms with Gasteiger partial charge in [-0.05, 0) is 55.5 Å². The summed E-state index contributed by atoms with van der Waals surface area (Å²) in [5, 5.41) is 5.41. The maximum atomic E-state index is 12.5. The van der Waals surface area contributed by atoms with Gasteiger partial charge in [-0.1, -0.05) is 50.6 Å². The Bertz CT molecular complexity index is 1000. The lowest BCUT2D eigenvalue weighted by atomic mass is 9.87. The number of thiazole rings is 1. The van der Waals surface area contributed by atoms with Crippen molar-refractivity contribution in [1.82, 2.24) is 4.98 Å². The van der Waals surface area contributed by atoms with E-state index in [2.05, 4.69) is 63.1 Å². The maximum Gasteiger partial charge on any atom is 0.266 e. The molecule has 0 aliphatic rings. The number of anilines is 1. The number of hydrogen-bond donors (Lipinski definition) is 1. The van der Waals surface area contributed by atoms with Gasteiger partial charge in [0.25, 0.3) is 5.91 Å². The third kappa shape index (κ3) is 5.24. The average Bonchev–Trinajstić information content (AvgIpc) is 3.11. The van der Waals surface area contributed by atoms with Gasteiger partial charge in [0.2, 0.25) is 0 Å². The molecule has 1 aromatic heterocycles. The number of carbonyl (C=O) groups is 1. The van der Waals surface area contributed by atoms with Crippen LogP contribution in [0.15, 0.2) is 47.8 Å². The topological polar surface area (TPSA) is 51.2 Å². The Balaban J connectivity index is 1.64. The van der Waals surface area contributed by atoms with Gasteiger partial charge in [0.15, 0.2) is 11.2 Å². The number of amides is 1. The van der Waals surface area contributed by atoms with Gasteiger partial charge in [-0.15, -0.1) is 11.3 Å². The molecule has 0 bridgehead atoms. The molecule has 3 rings (SSSR count). The molecule has 0 radical (unpaired) electrons. The molecule has 1 amide bonds. The van der Waals surface area contributed by atoms with Crippen LogP contribution in [0.1, 0.15) is 44.4 Å². The molecule has 1 atom stereocenters. The zero-order chi connectivity index (χ0) is 21.2. The second-order valence-corrected chi connectivity index (χ2v) is 9.24. The van der Waals surface area contributed by atoms with Crippen LogP contribution in [0.2, 0.25) is 0 Å². The molecule has 3 aromatic rings. The summed E-state index contributed by atoms with van der Waals surface area (Å²) < 4.78 is 5.81. The van der Waals surface area contributed by atoms with E-state index in [9.17, 15) is 4.79 Å². The highest BCUT2D eigenvalue weighted by Gasteiger charge is 2.18. The van der Waals surface area contributed by atoms with Gasteiger partial charge in [0, 0.05) is 10.9 Å². The molecule has 0 saturated carbocycles. The van der Waals surface area contributed by atoms with Crippen LogP contribution in [0.25, 0.3) is 11.3 Å². The van der Waals surface area contributed by atoms with E-state index >= 15 is 0 Å². The summed E-state index contributed by atoms with van der Waals surface area (Å²) in [6.45, 7) is 12.4. The highest BCUT2D eigenvalue weighted by atomic mass is 32.1. The van der Waals surface area contributed by atoms with Crippen LogP contribution in [0.4, 0.5) is 5.13 Å². The zero-order valence-corrected chi connectivity index (χ0v) is 18.7. The minimum absolute atomic E-state index is 0.0831. The van der Waals surface area contributed by atoms with Crippen molar-refractivity contribution in [3.05, 3.63) is 64.5 Å². The molecule has 5 heteroatoms. The summed E-state index contributed by atoms with van der Waals surface area (Å²) in [5.74, 6) is 0.461. The molecule has 1 unspecified atom stereocenters. The lowest BCUT2D eigenvalue weighted by Gasteiger charge is -2.20. The number of nitrogens with one attached hydrogen (secondary N) is 1. The number of ether oxygens (including phenoxy) is 1. The molecule has 0 spiro atoms. The van der Waals surface area contributed by atoms with Crippen LogP contribution < -0.4 is 10.1 Å². The summed E-state index contributed by atoms with van der Waals surface area (Å²) >= 11 is 1.42.